The van der Waals surface area contributed by atoms with E-state index in [-0.39, 0.29) is 23.3 Å². The van der Waals surface area contributed by atoms with Crippen LogP contribution in [0.2, 0.25) is 0 Å². The van der Waals surface area contributed by atoms with Gasteiger partial charge in [-0.3, -0.25) is 9.59 Å². The summed E-state index contributed by atoms with van der Waals surface area (Å²) >= 11 is 0. The molecule has 1 aromatic carbocycles. The maximum Gasteiger partial charge on any atom is 0.251 e. The van der Waals surface area contributed by atoms with Crippen LogP contribution in [0, 0.1) is 5.41 Å². The molecule has 9 heteroatoms. The van der Waals surface area contributed by atoms with E-state index in [1.54, 1.807) is 11.1 Å². The number of amides is 2. The largest absolute Gasteiger partial charge is 0.381 e. The Morgan fingerprint density at radius 2 is 1.81 bits per heavy atom. The summed E-state index contributed by atoms with van der Waals surface area (Å²) in [4.78, 5) is 39.5. The molecule has 190 valence electrons. The smallest absolute Gasteiger partial charge is 0.251 e. The topological polar surface area (TPSA) is 99.7 Å². The van der Waals surface area contributed by atoms with Gasteiger partial charge in [0, 0.05) is 50.1 Å². The number of nitrogens with zero attached hydrogens (tertiary/aromatic N) is 4. The number of ether oxygens (including phenoxy) is 1. The Bertz CT molecular complexity index is 1140. The molecule has 4 aliphatic rings. The number of fused-ring (bicyclic) bond motifs is 1. The number of rotatable bonds is 5. The van der Waals surface area contributed by atoms with E-state index in [0.717, 1.165) is 62.3 Å². The van der Waals surface area contributed by atoms with Gasteiger partial charge in [-0.2, -0.15) is 4.98 Å². The maximum atomic E-state index is 13.2. The Balaban J connectivity index is 1.21. The molecule has 0 radical (unpaired) electrons. The fourth-order valence-corrected chi connectivity index (χ4v) is 5.79. The average Bonchev–Trinajstić information content (AvgIpc) is 3.51. The number of carbonyl (C=O) groups excluding carboxylic acids is 2. The van der Waals surface area contributed by atoms with E-state index in [0.29, 0.717) is 30.8 Å². The Kier molecular flexibility index (Phi) is 6.03. The molecule has 2 aliphatic heterocycles. The van der Waals surface area contributed by atoms with Crippen molar-refractivity contribution in [2.24, 2.45) is 5.41 Å². The van der Waals surface area contributed by atoms with Crippen LogP contribution in [0.1, 0.15) is 61.7 Å². The summed E-state index contributed by atoms with van der Waals surface area (Å²) in [6.07, 6.45) is 10.1. The molecule has 0 unspecified atom stereocenters. The van der Waals surface area contributed by atoms with Crippen LogP contribution in [0.5, 0.6) is 0 Å². The summed E-state index contributed by atoms with van der Waals surface area (Å²) in [5, 5.41) is 6.39. The summed E-state index contributed by atoms with van der Waals surface area (Å²) in [6, 6.07) is 7.95. The van der Waals surface area contributed by atoms with Gasteiger partial charge < -0.3 is 25.2 Å². The molecule has 2 aliphatic carbocycles. The summed E-state index contributed by atoms with van der Waals surface area (Å²) in [6.45, 7) is 2.12. The van der Waals surface area contributed by atoms with Gasteiger partial charge in [0.25, 0.3) is 5.91 Å². The first kappa shape index (κ1) is 23.2. The zero-order chi connectivity index (χ0) is 24.7. The average molecular weight is 491 g/mol. The molecule has 3 fully saturated rings. The lowest BCUT2D eigenvalue weighted by Crippen LogP contribution is -2.41. The highest BCUT2D eigenvalue weighted by Gasteiger charge is 2.55. The van der Waals surface area contributed by atoms with E-state index in [4.69, 9.17) is 9.72 Å². The summed E-state index contributed by atoms with van der Waals surface area (Å²) in [5.41, 5.74) is 1.94. The quantitative estimate of drug-likeness (QED) is 0.660. The lowest BCUT2D eigenvalue weighted by molar-refractivity contribution is -0.122. The highest BCUT2D eigenvalue weighted by atomic mass is 16.5. The first-order valence-electron chi connectivity index (χ1n) is 13.2. The third-order valence-electron chi connectivity index (χ3n) is 8.19. The Morgan fingerprint density at radius 1 is 1.08 bits per heavy atom. The molecule has 2 amide bonds. The molecule has 0 atom stereocenters. The van der Waals surface area contributed by atoms with Crippen LogP contribution in [-0.2, 0) is 9.53 Å². The van der Waals surface area contributed by atoms with Gasteiger partial charge in [-0.05, 0) is 62.8 Å². The van der Waals surface area contributed by atoms with E-state index in [1.165, 1.54) is 12.8 Å². The van der Waals surface area contributed by atoms with Crippen molar-refractivity contribution < 1.29 is 14.3 Å². The molecule has 9 nitrogen and oxygen atoms in total. The maximum absolute atomic E-state index is 13.2. The monoisotopic (exact) mass is 490 g/mol. The number of nitrogens with one attached hydrogen (secondary N) is 2. The predicted molar refractivity (Wildman–Crippen MR) is 138 cm³/mol. The Morgan fingerprint density at radius 3 is 2.50 bits per heavy atom. The molecule has 6 rings (SSSR count). The van der Waals surface area contributed by atoms with Crippen LogP contribution < -0.4 is 20.4 Å². The lowest BCUT2D eigenvalue weighted by Gasteiger charge is -2.31. The van der Waals surface area contributed by atoms with Crippen molar-refractivity contribution in [2.45, 2.75) is 63.5 Å². The predicted octanol–water partition coefficient (Wildman–Crippen LogP) is 3.63. The first-order valence-corrected chi connectivity index (χ1v) is 13.2. The van der Waals surface area contributed by atoms with Crippen LogP contribution in [0.25, 0.3) is 0 Å². The number of hydrogen-bond donors (Lipinski definition) is 2. The van der Waals surface area contributed by atoms with E-state index in [1.807, 2.05) is 31.3 Å². The molecule has 3 heterocycles. The van der Waals surface area contributed by atoms with Crippen LogP contribution in [-0.4, -0.2) is 60.7 Å². The van der Waals surface area contributed by atoms with Crippen molar-refractivity contribution in [3.05, 3.63) is 36.0 Å². The normalized spacial score (nSPS) is 21.9. The zero-order valence-electron chi connectivity index (χ0n) is 20.8. The number of benzene rings is 1. The van der Waals surface area contributed by atoms with Gasteiger partial charge in [0.05, 0.1) is 11.6 Å². The minimum Gasteiger partial charge on any atom is -0.381 e. The van der Waals surface area contributed by atoms with Crippen LogP contribution in [0.15, 0.2) is 30.5 Å². The van der Waals surface area contributed by atoms with Crippen LogP contribution in [0.4, 0.5) is 23.1 Å². The first-order chi connectivity index (χ1) is 17.5. The minimum atomic E-state index is -0.271. The third kappa shape index (κ3) is 4.40. The zero-order valence-corrected chi connectivity index (χ0v) is 20.8. The molecule has 1 spiro atoms. The molecule has 1 aromatic heterocycles. The highest BCUT2D eigenvalue weighted by Crippen LogP contribution is 2.52. The summed E-state index contributed by atoms with van der Waals surface area (Å²) in [5.74, 6) is 1.45. The van der Waals surface area contributed by atoms with Gasteiger partial charge in [-0.1, -0.05) is 12.8 Å². The third-order valence-corrected chi connectivity index (χ3v) is 8.19. The van der Waals surface area contributed by atoms with Gasteiger partial charge in [0.2, 0.25) is 11.9 Å². The Labute approximate surface area is 211 Å². The molecule has 36 heavy (non-hydrogen) atoms. The lowest BCUT2D eigenvalue weighted by atomic mass is 10.0. The second-order valence-electron chi connectivity index (χ2n) is 10.7. The number of hydrogen-bond acceptors (Lipinski definition) is 7. The summed E-state index contributed by atoms with van der Waals surface area (Å²) < 4.78 is 5.37. The van der Waals surface area contributed by atoms with Gasteiger partial charge in [-0.25, -0.2) is 4.98 Å². The van der Waals surface area contributed by atoms with Gasteiger partial charge in [0.15, 0.2) is 5.82 Å². The molecule has 1 saturated heterocycles. The summed E-state index contributed by atoms with van der Waals surface area (Å²) in [7, 11) is 1.85. The minimum absolute atomic E-state index is 0.0661. The number of aromatic nitrogens is 2. The van der Waals surface area contributed by atoms with Crippen molar-refractivity contribution >= 4 is 35.0 Å². The van der Waals surface area contributed by atoms with E-state index in [9.17, 15) is 9.59 Å². The van der Waals surface area contributed by atoms with Crippen molar-refractivity contribution in [1.82, 2.24) is 15.3 Å². The molecular formula is C27H34N6O3. The number of anilines is 4. The molecule has 2 aromatic rings. The van der Waals surface area contributed by atoms with Crippen LogP contribution >= 0.6 is 0 Å². The fraction of sp³-hybridized carbons (Fsp3) is 0.556. The van der Waals surface area contributed by atoms with Gasteiger partial charge in [0.1, 0.15) is 5.69 Å². The SMILES string of the molecule is CN1C(=O)C2(CC2)CN(C2CCCC2)c2nc(Nc3ccc(C(=O)NC4CCOCC4)cc3)ncc21. The molecule has 2 saturated carbocycles. The molecular weight excluding hydrogens is 456 g/mol. The standard InChI is InChI=1S/C27H34N6O3/c1-32-22-16-28-26(30-19-8-6-18(7-9-19)24(34)29-20-10-14-36-15-11-20)31-23(22)33(21-4-2-3-5-21)17-27(12-13-27)25(32)35/h6-9,16,20-21H,2-5,10-15,17H2,1H3,(H,29,34)(H,28,30,31). The van der Waals surface area contributed by atoms with E-state index < -0.39 is 0 Å². The van der Waals surface area contributed by atoms with E-state index in [2.05, 4.69) is 20.5 Å². The van der Waals surface area contributed by atoms with Crippen molar-refractivity contribution in [3.63, 3.8) is 0 Å². The van der Waals surface area contributed by atoms with E-state index >= 15 is 0 Å². The molecule has 0 bridgehead atoms. The van der Waals surface area contributed by atoms with Crippen LogP contribution in [0.3, 0.4) is 0 Å². The highest BCUT2D eigenvalue weighted by molar-refractivity contribution is 6.02. The van der Waals surface area contributed by atoms with Crippen molar-refractivity contribution in [2.75, 3.05) is 41.9 Å². The number of carbonyl (C=O) groups is 2. The van der Waals surface area contributed by atoms with Gasteiger partial charge >= 0.3 is 0 Å². The van der Waals surface area contributed by atoms with Crippen molar-refractivity contribution in [1.29, 1.82) is 0 Å². The molecule has 2 N–H and O–H groups in total. The second kappa shape index (κ2) is 9.35. The van der Waals surface area contributed by atoms with Crippen molar-refractivity contribution in [3.8, 4) is 0 Å². The fourth-order valence-electron chi connectivity index (χ4n) is 5.79. The Hall–Kier alpha value is -3.20. The second-order valence-corrected chi connectivity index (χ2v) is 10.7. The van der Waals surface area contributed by atoms with Gasteiger partial charge in [-0.15, -0.1) is 0 Å².